The van der Waals surface area contributed by atoms with E-state index in [-0.39, 0.29) is 5.02 Å². The van der Waals surface area contributed by atoms with Gasteiger partial charge in [0.25, 0.3) is 0 Å². The van der Waals surface area contributed by atoms with E-state index in [2.05, 4.69) is 0 Å². The summed E-state index contributed by atoms with van der Waals surface area (Å²) in [6.07, 6.45) is 0. The molecule has 0 aliphatic rings. The summed E-state index contributed by atoms with van der Waals surface area (Å²) < 4.78 is 12.8. The molecular weight excluding hydrogens is 253 g/mol. The molecule has 1 aromatic rings. The summed E-state index contributed by atoms with van der Waals surface area (Å²) in [4.78, 5) is 10.4. The second kappa shape index (κ2) is 6.08. The van der Waals surface area contributed by atoms with Gasteiger partial charge >= 0.3 is 5.97 Å². The van der Waals surface area contributed by atoms with Crippen LogP contribution < -0.4 is 5.73 Å². The summed E-state index contributed by atoms with van der Waals surface area (Å²) >= 11 is 6.97. The van der Waals surface area contributed by atoms with Crippen LogP contribution in [0.5, 0.6) is 0 Å². The molecule has 0 aliphatic heterocycles. The molecule has 0 aromatic heterocycles. The van der Waals surface area contributed by atoms with Crippen LogP contribution in [0.2, 0.25) is 5.02 Å². The molecule has 1 atom stereocenters. The molecule has 0 amide bonds. The predicted molar refractivity (Wildman–Crippen MR) is 63.2 cm³/mol. The van der Waals surface area contributed by atoms with Crippen molar-refractivity contribution in [3.05, 3.63) is 34.6 Å². The lowest BCUT2D eigenvalue weighted by molar-refractivity contribution is -0.137. The van der Waals surface area contributed by atoms with Crippen molar-refractivity contribution in [2.24, 2.45) is 5.73 Å². The van der Waals surface area contributed by atoms with E-state index in [4.69, 9.17) is 22.4 Å². The van der Waals surface area contributed by atoms with Gasteiger partial charge in [-0.3, -0.25) is 4.79 Å². The highest BCUT2D eigenvalue weighted by atomic mass is 35.5. The number of carboxylic acids is 1. The number of aliphatic carboxylic acids is 1. The number of carbonyl (C=O) groups is 1. The molecule has 3 N–H and O–H groups in total. The average molecular weight is 264 g/mol. The summed E-state index contributed by atoms with van der Waals surface area (Å²) in [5, 5.41) is 8.62. The van der Waals surface area contributed by atoms with E-state index in [1.807, 2.05) is 0 Å². The molecule has 6 heteroatoms. The maximum Gasteiger partial charge on any atom is 0.321 e. The zero-order valence-corrected chi connectivity index (χ0v) is 9.89. The van der Waals surface area contributed by atoms with Gasteiger partial charge in [-0.05, 0) is 17.7 Å². The molecule has 88 valence electrons. The third-order valence-corrected chi connectivity index (χ3v) is 3.29. The molecule has 0 spiro atoms. The topological polar surface area (TPSA) is 63.3 Å². The first-order chi connectivity index (χ1) is 7.50. The number of hydrogen-bond donors (Lipinski definition) is 2. The highest BCUT2D eigenvalue weighted by Gasteiger charge is 2.11. The van der Waals surface area contributed by atoms with E-state index >= 15 is 0 Å². The largest absolute Gasteiger partial charge is 0.480 e. The van der Waals surface area contributed by atoms with Crippen molar-refractivity contribution in [3.63, 3.8) is 0 Å². The summed E-state index contributed by atoms with van der Waals surface area (Å²) in [7, 11) is 0. The minimum Gasteiger partial charge on any atom is -0.480 e. The fraction of sp³-hybridized carbons (Fsp3) is 0.300. The summed E-state index contributed by atoms with van der Waals surface area (Å²) in [5.74, 6) is -0.618. The smallest absolute Gasteiger partial charge is 0.321 e. The number of nitrogens with two attached hydrogens (primary N) is 1. The van der Waals surface area contributed by atoms with Gasteiger partial charge in [-0.15, -0.1) is 0 Å². The van der Waals surface area contributed by atoms with Crippen molar-refractivity contribution in [1.29, 1.82) is 0 Å². The van der Waals surface area contributed by atoms with E-state index in [1.54, 1.807) is 6.07 Å². The Bertz CT molecular complexity index is 389. The molecule has 0 aliphatic carbocycles. The van der Waals surface area contributed by atoms with Gasteiger partial charge in [0.05, 0.1) is 5.02 Å². The maximum atomic E-state index is 12.8. The van der Waals surface area contributed by atoms with E-state index in [0.717, 1.165) is 5.56 Å². The minimum absolute atomic E-state index is 0.0700. The molecular formula is C10H11ClFNO2S. The van der Waals surface area contributed by atoms with Crippen LogP contribution in [0.3, 0.4) is 0 Å². The van der Waals surface area contributed by atoms with E-state index in [0.29, 0.717) is 11.5 Å². The van der Waals surface area contributed by atoms with Gasteiger partial charge in [0.2, 0.25) is 0 Å². The monoisotopic (exact) mass is 263 g/mol. The zero-order chi connectivity index (χ0) is 12.1. The Hall–Kier alpha value is -0.780. The maximum absolute atomic E-state index is 12.8. The Morgan fingerprint density at radius 1 is 1.62 bits per heavy atom. The zero-order valence-electron chi connectivity index (χ0n) is 8.32. The number of rotatable bonds is 5. The normalized spacial score (nSPS) is 12.4. The fourth-order valence-corrected chi connectivity index (χ4v) is 2.14. The van der Waals surface area contributed by atoms with Crippen molar-refractivity contribution in [2.45, 2.75) is 11.8 Å². The lowest BCUT2D eigenvalue weighted by Gasteiger charge is -2.06. The molecule has 1 aromatic carbocycles. The standard InChI is InChI=1S/C10H11ClFNO2S/c11-7-3-6(1-2-8(7)12)4-16-5-9(13)10(14)15/h1-3,9H,4-5,13H2,(H,14,15)/t9-/m1/s1. The van der Waals surface area contributed by atoms with Gasteiger partial charge in [0, 0.05) is 11.5 Å². The first-order valence-electron chi connectivity index (χ1n) is 4.50. The van der Waals surface area contributed by atoms with E-state index < -0.39 is 17.8 Å². The fourth-order valence-electron chi connectivity index (χ4n) is 1.00. The van der Waals surface area contributed by atoms with Crippen molar-refractivity contribution in [3.8, 4) is 0 Å². The second-order valence-electron chi connectivity index (χ2n) is 3.21. The number of thioether (sulfide) groups is 1. The van der Waals surface area contributed by atoms with Crippen molar-refractivity contribution >= 4 is 29.3 Å². The highest BCUT2D eigenvalue weighted by Crippen LogP contribution is 2.19. The first-order valence-corrected chi connectivity index (χ1v) is 6.04. The van der Waals surface area contributed by atoms with Gasteiger partial charge in [0.1, 0.15) is 11.9 Å². The molecule has 0 unspecified atom stereocenters. The summed E-state index contributed by atoms with van der Waals surface area (Å²) in [6, 6.07) is 3.55. The van der Waals surface area contributed by atoms with Crippen LogP contribution in [0, 0.1) is 5.82 Å². The van der Waals surface area contributed by atoms with Crippen LogP contribution in [0.25, 0.3) is 0 Å². The van der Waals surface area contributed by atoms with Crippen LogP contribution in [0.1, 0.15) is 5.56 Å². The summed E-state index contributed by atoms with van der Waals surface area (Å²) in [6.45, 7) is 0. The molecule has 0 fully saturated rings. The van der Waals surface area contributed by atoms with Gasteiger partial charge < -0.3 is 10.8 Å². The van der Waals surface area contributed by atoms with Crippen LogP contribution >= 0.6 is 23.4 Å². The van der Waals surface area contributed by atoms with Crippen LogP contribution in [0.4, 0.5) is 4.39 Å². The van der Waals surface area contributed by atoms with Crippen LogP contribution in [0.15, 0.2) is 18.2 Å². The number of carboxylic acid groups (broad SMARTS) is 1. The quantitative estimate of drug-likeness (QED) is 0.854. The molecule has 16 heavy (non-hydrogen) atoms. The number of halogens is 2. The highest BCUT2D eigenvalue weighted by molar-refractivity contribution is 7.98. The van der Waals surface area contributed by atoms with Crippen LogP contribution in [-0.2, 0) is 10.5 Å². The predicted octanol–water partition coefficient (Wildman–Crippen LogP) is 2.12. The van der Waals surface area contributed by atoms with Crippen molar-refractivity contribution in [1.82, 2.24) is 0 Å². The third-order valence-electron chi connectivity index (χ3n) is 1.87. The average Bonchev–Trinajstić information content (AvgIpc) is 2.23. The molecule has 0 saturated carbocycles. The molecule has 1 rings (SSSR count). The number of benzene rings is 1. The lowest BCUT2D eigenvalue weighted by Crippen LogP contribution is -2.32. The molecule has 0 radical (unpaired) electrons. The van der Waals surface area contributed by atoms with Crippen LogP contribution in [-0.4, -0.2) is 22.9 Å². The van der Waals surface area contributed by atoms with Crippen molar-refractivity contribution in [2.75, 3.05) is 5.75 Å². The van der Waals surface area contributed by atoms with Gasteiger partial charge in [0.15, 0.2) is 0 Å². The Labute approximate surface area is 102 Å². The lowest BCUT2D eigenvalue weighted by atomic mass is 10.2. The first kappa shape index (κ1) is 13.3. The Morgan fingerprint density at radius 3 is 2.88 bits per heavy atom. The SMILES string of the molecule is N[C@H](CSCc1ccc(F)c(Cl)c1)C(=O)O. The molecule has 0 saturated heterocycles. The second-order valence-corrected chi connectivity index (χ2v) is 4.65. The summed E-state index contributed by atoms with van der Waals surface area (Å²) in [5.41, 5.74) is 6.17. The molecule has 3 nitrogen and oxygen atoms in total. The van der Waals surface area contributed by atoms with Crippen molar-refractivity contribution < 1.29 is 14.3 Å². The molecule has 0 heterocycles. The van der Waals surface area contributed by atoms with E-state index in [9.17, 15) is 9.18 Å². The Balaban J connectivity index is 2.43. The Kier molecular flexibility index (Phi) is 5.05. The molecule has 0 bridgehead atoms. The van der Waals surface area contributed by atoms with Gasteiger partial charge in [-0.1, -0.05) is 17.7 Å². The third kappa shape index (κ3) is 4.00. The van der Waals surface area contributed by atoms with Gasteiger partial charge in [-0.2, -0.15) is 11.8 Å². The minimum atomic E-state index is -1.02. The Morgan fingerprint density at radius 2 is 2.31 bits per heavy atom. The van der Waals surface area contributed by atoms with E-state index in [1.165, 1.54) is 23.9 Å². The van der Waals surface area contributed by atoms with Gasteiger partial charge in [-0.25, -0.2) is 4.39 Å². The number of hydrogen-bond acceptors (Lipinski definition) is 3.